The molecule has 16 heavy (non-hydrogen) atoms. The second kappa shape index (κ2) is 5.30. The van der Waals surface area contributed by atoms with Crippen molar-refractivity contribution in [3.8, 4) is 0 Å². The minimum Gasteiger partial charge on any atom is -0.368 e. The van der Waals surface area contributed by atoms with Crippen LogP contribution in [0.4, 0.5) is 5.82 Å². The second-order valence-corrected chi connectivity index (χ2v) is 5.30. The topological polar surface area (TPSA) is 50.9 Å². The molecule has 0 bridgehead atoms. The van der Waals surface area contributed by atoms with Gasteiger partial charge < -0.3 is 11.1 Å². The molecule has 1 rings (SSSR count). The standard InChI is InChI=1S/C13H23N3/c1-10(7-8-14)16-12-6-5-11(9-15-12)13(2,3)4/h5-6,9-10H,7-8,14H2,1-4H3,(H,15,16). The summed E-state index contributed by atoms with van der Waals surface area (Å²) in [6, 6.07) is 4.54. The lowest BCUT2D eigenvalue weighted by molar-refractivity contribution is 0.587. The highest BCUT2D eigenvalue weighted by atomic mass is 15.0. The van der Waals surface area contributed by atoms with Crippen molar-refractivity contribution in [3.63, 3.8) is 0 Å². The molecule has 0 radical (unpaired) electrons. The van der Waals surface area contributed by atoms with E-state index in [9.17, 15) is 0 Å². The molecule has 3 N–H and O–H groups in total. The van der Waals surface area contributed by atoms with Crippen LogP contribution in [-0.2, 0) is 5.41 Å². The molecule has 1 atom stereocenters. The summed E-state index contributed by atoms with van der Waals surface area (Å²) in [6.45, 7) is 9.39. The van der Waals surface area contributed by atoms with Crippen molar-refractivity contribution in [3.05, 3.63) is 23.9 Å². The van der Waals surface area contributed by atoms with Gasteiger partial charge in [0.05, 0.1) is 0 Å². The first-order valence-electron chi connectivity index (χ1n) is 5.86. The summed E-state index contributed by atoms with van der Waals surface area (Å²) < 4.78 is 0. The SMILES string of the molecule is CC(CCN)Nc1ccc(C(C)(C)C)cn1. The fourth-order valence-corrected chi connectivity index (χ4v) is 1.50. The monoisotopic (exact) mass is 221 g/mol. The molecular weight excluding hydrogens is 198 g/mol. The van der Waals surface area contributed by atoms with Gasteiger partial charge in [0.25, 0.3) is 0 Å². The number of hydrogen-bond acceptors (Lipinski definition) is 3. The average Bonchev–Trinajstić information content (AvgIpc) is 2.17. The van der Waals surface area contributed by atoms with E-state index in [0.29, 0.717) is 12.6 Å². The Labute approximate surface area is 98.5 Å². The maximum Gasteiger partial charge on any atom is 0.126 e. The minimum atomic E-state index is 0.161. The van der Waals surface area contributed by atoms with Gasteiger partial charge in [0.1, 0.15) is 5.82 Å². The van der Waals surface area contributed by atoms with E-state index in [4.69, 9.17) is 5.73 Å². The first kappa shape index (κ1) is 13.0. The number of anilines is 1. The zero-order valence-electron chi connectivity index (χ0n) is 10.7. The van der Waals surface area contributed by atoms with Crippen LogP contribution in [0.3, 0.4) is 0 Å². The third-order valence-corrected chi connectivity index (χ3v) is 2.62. The Morgan fingerprint density at radius 3 is 2.50 bits per heavy atom. The lowest BCUT2D eigenvalue weighted by Gasteiger charge is -2.19. The lowest BCUT2D eigenvalue weighted by Crippen LogP contribution is -2.20. The van der Waals surface area contributed by atoms with Crippen molar-refractivity contribution in [2.75, 3.05) is 11.9 Å². The van der Waals surface area contributed by atoms with Crippen molar-refractivity contribution in [1.29, 1.82) is 0 Å². The lowest BCUT2D eigenvalue weighted by atomic mass is 9.88. The molecule has 3 heteroatoms. The van der Waals surface area contributed by atoms with E-state index >= 15 is 0 Å². The molecular formula is C13H23N3. The highest BCUT2D eigenvalue weighted by Gasteiger charge is 2.13. The molecule has 0 amide bonds. The van der Waals surface area contributed by atoms with Crippen molar-refractivity contribution < 1.29 is 0 Å². The van der Waals surface area contributed by atoms with Crippen LogP contribution in [0.5, 0.6) is 0 Å². The first-order chi connectivity index (χ1) is 7.43. The Morgan fingerprint density at radius 2 is 2.06 bits per heavy atom. The van der Waals surface area contributed by atoms with Crippen molar-refractivity contribution in [2.45, 2.75) is 45.6 Å². The number of hydrogen-bond donors (Lipinski definition) is 2. The van der Waals surface area contributed by atoms with Crippen LogP contribution in [0, 0.1) is 0 Å². The van der Waals surface area contributed by atoms with E-state index in [0.717, 1.165) is 12.2 Å². The molecule has 1 aromatic heterocycles. The van der Waals surface area contributed by atoms with Crippen LogP contribution < -0.4 is 11.1 Å². The van der Waals surface area contributed by atoms with Crippen LogP contribution in [-0.4, -0.2) is 17.6 Å². The summed E-state index contributed by atoms with van der Waals surface area (Å²) in [4.78, 5) is 4.42. The van der Waals surface area contributed by atoms with Gasteiger partial charge in [0.2, 0.25) is 0 Å². The van der Waals surface area contributed by atoms with Crippen LogP contribution in [0.15, 0.2) is 18.3 Å². The number of nitrogens with zero attached hydrogens (tertiary/aromatic N) is 1. The molecule has 3 nitrogen and oxygen atoms in total. The highest BCUT2D eigenvalue weighted by Crippen LogP contribution is 2.22. The molecule has 0 spiro atoms. The second-order valence-electron chi connectivity index (χ2n) is 5.30. The number of pyridine rings is 1. The van der Waals surface area contributed by atoms with Crippen molar-refractivity contribution in [2.24, 2.45) is 5.73 Å². The Balaban J connectivity index is 2.65. The Morgan fingerprint density at radius 1 is 1.38 bits per heavy atom. The van der Waals surface area contributed by atoms with Crippen LogP contribution in [0.2, 0.25) is 0 Å². The molecule has 1 aromatic rings. The molecule has 0 fully saturated rings. The number of rotatable bonds is 4. The normalized spacial score (nSPS) is 13.6. The van der Waals surface area contributed by atoms with Crippen LogP contribution in [0.25, 0.3) is 0 Å². The summed E-state index contributed by atoms with van der Waals surface area (Å²) in [6.07, 6.45) is 2.90. The van der Waals surface area contributed by atoms with Gasteiger partial charge >= 0.3 is 0 Å². The molecule has 0 aliphatic heterocycles. The highest BCUT2D eigenvalue weighted by molar-refractivity contribution is 5.37. The third-order valence-electron chi connectivity index (χ3n) is 2.62. The Bertz CT molecular complexity index is 311. The fourth-order valence-electron chi connectivity index (χ4n) is 1.50. The van der Waals surface area contributed by atoms with Crippen LogP contribution >= 0.6 is 0 Å². The summed E-state index contributed by atoms with van der Waals surface area (Å²) in [5.74, 6) is 0.925. The predicted octanol–water partition coefficient (Wildman–Crippen LogP) is 2.53. The molecule has 0 aliphatic carbocycles. The summed E-state index contributed by atoms with van der Waals surface area (Å²) in [7, 11) is 0. The van der Waals surface area contributed by atoms with Gasteiger partial charge in [0, 0.05) is 12.2 Å². The average molecular weight is 221 g/mol. The molecule has 0 aliphatic rings. The quantitative estimate of drug-likeness (QED) is 0.821. The zero-order valence-corrected chi connectivity index (χ0v) is 10.7. The van der Waals surface area contributed by atoms with Crippen molar-refractivity contribution in [1.82, 2.24) is 4.98 Å². The maximum atomic E-state index is 5.50. The van der Waals surface area contributed by atoms with Crippen LogP contribution in [0.1, 0.15) is 39.7 Å². The van der Waals surface area contributed by atoms with Gasteiger partial charge in [-0.3, -0.25) is 0 Å². The largest absolute Gasteiger partial charge is 0.368 e. The van der Waals surface area contributed by atoms with E-state index in [1.165, 1.54) is 5.56 Å². The van der Waals surface area contributed by atoms with Gasteiger partial charge in [-0.25, -0.2) is 4.98 Å². The van der Waals surface area contributed by atoms with E-state index in [1.54, 1.807) is 0 Å². The molecule has 0 saturated carbocycles. The summed E-state index contributed by atoms with van der Waals surface area (Å²) >= 11 is 0. The molecule has 1 unspecified atom stereocenters. The van der Waals surface area contributed by atoms with Crippen molar-refractivity contribution >= 4 is 5.82 Å². The van der Waals surface area contributed by atoms with Gasteiger partial charge in [-0.05, 0) is 36.9 Å². The van der Waals surface area contributed by atoms with E-state index in [2.05, 4.69) is 44.1 Å². The number of nitrogens with two attached hydrogens (primary N) is 1. The Kier molecular flexibility index (Phi) is 4.30. The summed E-state index contributed by atoms with van der Waals surface area (Å²) in [5, 5.41) is 3.33. The van der Waals surface area contributed by atoms with Gasteiger partial charge in [-0.2, -0.15) is 0 Å². The summed E-state index contributed by atoms with van der Waals surface area (Å²) in [5.41, 5.74) is 6.92. The zero-order chi connectivity index (χ0) is 12.2. The molecule has 1 heterocycles. The first-order valence-corrected chi connectivity index (χ1v) is 5.86. The smallest absolute Gasteiger partial charge is 0.126 e. The predicted molar refractivity (Wildman–Crippen MR) is 69.7 cm³/mol. The number of nitrogens with one attached hydrogen (secondary N) is 1. The van der Waals surface area contributed by atoms with Gasteiger partial charge in [0.15, 0.2) is 0 Å². The van der Waals surface area contributed by atoms with E-state index < -0.39 is 0 Å². The minimum absolute atomic E-state index is 0.161. The Hall–Kier alpha value is -1.09. The third kappa shape index (κ3) is 3.81. The molecule has 0 saturated heterocycles. The fraction of sp³-hybridized carbons (Fsp3) is 0.615. The van der Waals surface area contributed by atoms with E-state index in [-0.39, 0.29) is 5.41 Å². The number of aromatic nitrogens is 1. The van der Waals surface area contributed by atoms with Gasteiger partial charge in [-0.15, -0.1) is 0 Å². The molecule has 0 aromatic carbocycles. The maximum absolute atomic E-state index is 5.50. The van der Waals surface area contributed by atoms with Gasteiger partial charge in [-0.1, -0.05) is 26.8 Å². The molecule has 90 valence electrons. The van der Waals surface area contributed by atoms with E-state index in [1.807, 2.05) is 12.3 Å².